The quantitative estimate of drug-likeness (QED) is 0.114. The van der Waals surface area contributed by atoms with Crippen molar-refractivity contribution >= 4 is 17.9 Å². The fraction of sp³-hybridized carbons (Fsp3) is 0.343. The summed E-state index contributed by atoms with van der Waals surface area (Å²) >= 11 is 0. The predicted molar refractivity (Wildman–Crippen MR) is 164 cm³/mol. The van der Waals surface area contributed by atoms with Gasteiger partial charge in [0.05, 0.1) is 11.1 Å². The van der Waals surface area contributed by atoms with Crippen molar-refractivity contribution in [1.82, 2.24) is 0 Å². The fourth-order valence-electron chi connectivity index (χ4n) is 3.99. The van der Waals surface area contributed by atoms with Crippen LogP contribution in [0.4, 0.5) is 8.78 Å². The maximum absolute atomic E-state index is 14.8. The molecule has 0 saturated carbocycles. The third-order valence-electron chi connectivity index (χ3n) is 6.26. The molecule has 0 aliphatic heterocycles. The van der Waals surface area contributed by atoms with E-state index in [1.165, 1.54) is 24.3 Å². The van der Waals surface area contributed by atoms with E-state index in [1.54, 1.807) is 38.1 Å². The van der Waals surface area contributed by atoms with Crippen molar-refractivity contribution in [2.75, 3.05) is 0 Å². The van der Waals surface area contributed by atoms with Gasteiger partial charge < -0.3 is 23.7 Å². The van der Waals surface area contributed by atoms with Crippen molar-refractivity contribution in [3.8, 4) is 23.0 Å². The molecule has 3 aromatic carbocycles. The zero-order chi connectivity index (χ0) is 33.6. The average molecular weight is 625 g/mol. The second kappa shape index (κ2) is 13.9. The molecule has 0 spiro atoms. The molecule has 3 aromatic rings. The van der Waals surface area contributed by atoms with E-state index >= 15 is 0 Å². The lowest BCUT2D eigenvalue weighted by Crippen LogP contribution is -2.34. The molecule has 0 fully saturated rings. The summed E-state index contributed by atoms with van der Waals surface area (Å²) in [5, 5.41) is 0. The summed E-state index contributed by atoms with van der Waals surface area (Å²) in [6.07, 6.45) is 2.17. The number of halogens is 2. The minimum absolute atomic E-state index is 0.0619. The van der Waals surface area contributed by atoms with Crippen molar-refractivity contribution in [2.24, 2.45) is 0 Å². The maximum Gasteiger partial charge on any atom is 0.343 e. The number of esters is 3. The minimum Gasteiger partial charge on any atom is -0.488 e. The number of carbonyl (C=O) groups is 3. The second-order valence-corrected chi connectivity index (χ2v) is 12.5. The van der Waals surface area contributed by atoms with Crippen molar-refractivity contribution < 1.29 is 46.8 Å². The molecule has 0 aliphatic carbocycles. The van der Waals surface area contributed by atoms with Gasteiger partial charge in [0.25, 0.3) is 0 Å². The largest absolute Gasteiger partial charge is 0.488 e. The molecular formula is C35H38F2O8. The molecule has 0 saturated heterocycles. The summed E-state index contributed by atoms with van der Waals surface area (Å²) in [5.41, 5.74) is -1.64. The Morgan fingerprint density at radius 2 is 1.07 bits per heavy atom. The van der Waals surface area contributed by atoms with Crippen molar-refractivity contribution in [2.45, 2.75) is 78.1 Å². The van der Waals surface area contributed by atoms with E-state index in [2.05, 4.69) is 6.58 Å². The second-order valence-electron chi connectivity index (χ2n) is 12.5. The van der Waals surface area contributed by atoms with Gasteiger partial charge in [-0.15, -0.1) is 0 Å². The van der Waals surface area contributed by atoms with E-state index in [0.29, 0.717) is 36.5 Å². The Morgan fingerprint density at radius 3 is 1.47 bits per heavy atom. The molecule has 0 aliphatic rings. The highest BCUT2D eigenvalue weighted by Gasteiger charge is 2.28. The SMILES string of the molecule is C=CC(=O)OC(C)(C)CCC(C)(C)Oc1ccc(C(=O)Oc2cc(F)c(OC(=O)c3ccc(OC(C)(C)C)cc3)cc2F)cc1. The summed E-state index contributed by atoms with van der Waals surface area (Å²) in [6.45, 7) is 16.4. The molecule has 0 unspecified atom stereocenters. The average Bonchev–Trinajstić information content (AvgIpc) is 2.94. The first-order valence-corrected chi connectivity index (χ1v) is 14.2. The topological polar surface area (TPSA) is 97.4 Å². The Labute approximate surface area is 261 Å². The van der Waals surface area contributed by atoms with Crippen LogP contribution in [-0.2, 0) is 9.53 Å². The van der Waals surface area contributed by atoms with Crippen LogP contribution >= 0.6 is 0 Å². The lowest BCUT2D eigenvalue weighted by Gasteiger charge is -2.31. The van der Waals surface area contributed by atoms with Crippen LogP contribution in [0.1, 0.15) is 82.0 Å². The third-order valence-corrected chi connectivity index (χ3v) is 6.26. The first-order valence-electron chi connectivity index (χ1n) is 14.2. The Balaban J connectivity index is 1.60. The van der Waals surface area contributed by atoms with Gasteiger partial charge in [-0.05, 0) is 110 Å². The first kappa shape index (κ1) is 34.8. The summed E-state index contributed by atoms with van der Waals surface area (Å²) < 4.78 is 56.7. The van der Waals surface area contributed by atoms with Gasteiger partial charge in [0.1, 0.15) is 28.3 Å². The minimum atomic E-state index is -1.11. The zero-order valence-corrected chi connectivity index (χ0v) is 26.5. The predicted octanol–water partition coefficient (Wildman–Crippen LogP) is 8.03. The molecule has 3 rings (SSSR count). The molecule has 45 heavy (non-hydrogen) atoms. The van der Waals surface area contributed by atoms with Crippen LogP contribution in [0, 0.1) is 11.6 Å². The van der Waals surface area contributed by atoms with E-state index in [-0.39, 0.29) is 11.1 Å². The number of hydrogen-bond acceptors (Lipinski definition) is 8. The molecule has 0 atom stereocenters. The lowest BCUT2D eigenvalue weighted by atomic mass is 9.93. The molecule has 0 bridgehead atoms. The van der Waals surface area contributed by atoms with E-state index < -0.39 is 57.8 Å². The Hall–Kier alpha value is -4.73. The Kier molecular flexibility index (Phi) is 10.8. The maximum atomic E-state index is 14.8. The molecule has 8 nitrogen and oxygen atoms in total. The number of benzene rings is 3. The van der Waals surface area contributed by atoms with Crippen LogP contribution in [0.15, 0.2) is 73.3 Å². The number of ether oxygens (including phenoxy) is 5. The monoisotopic (exact) mass is 624 g/mol. The highest BCUT2D eigenvalue weighted by Crippen LogP contribution is 2.30. The normalized spacial score (nSPS) is 11.8. The van der Waals surface area contributed by atoms with Crippen molar-refractivity contribution in [3.05, 3.63) is 96.1 Å². The molecule has 0 N–H and O–H groups in total. The molecule has 10 heteroatoms. The van der Waals surface area contributed by atoms with Gasteiger partial charge in [-0.25, -0.2) is 23.2 Å². The van der Waals surface area contributed by atoms with E-state index in [1.807, 2.05) is 34.6 Å². The van der Waals surface area contributed by atoms with Crippen LogP contribution in [0.5, 0.6) is 23.0 Å². The summed E-state index contributed by atoms with van der Waals surface area (Å²) in [5.74, 6) is -4.93. The number of hydrogen-bond donors (Lipinski definition) is 0. The summed E-state index contributed by atoms with van der Waals surface area (Å²) in [7, 11) is 0. The van der Waals surface area contributed by atoms with Gasteiger partial charge >= 0.3 is 17.9 Å². The Bertz CT molecular complexity index is 1540. The van der Waals surface area contributed by atoms with Crippen LogP contribution in [0.25, 0.3) is 0 Å². The van der Waals surface area contributed by atoms with Gasteiger partial charge in [0, 0.05) is 18.2 Å². The fourth-order valence-corrected chi connectivity index (χ4v) is 3.99. The highest BCUT2D eigenvalue weighted by molar-refractivity contribution is 5.92. The molecule has 240 valence electrons. The highest BCUT2D eigenvalue weighted by atomic mass is 19.1. The zero-order valence-electron chi connectivity index (χ0n) is 26.5. The summed E-state index contributed by atoms with van der Waals surface area (Å²) in [6, 6.07) is 13.2. The molecule has 0 heterocycles. The molecule has 0 aromatic heterocycles. The standard InChI is InChI=1S/C35H38F2O8/c1-9-30(38)45-35(7,8)19-18-34(5,6)44-25-16-12-23(13-17-25)32(40)42-29-21-26(36)28(20-27(29)37)41-31(39)22-10-14-24(15-11-22)43-33(2,3)4/h9-17,20-21H,1,18-19H2,2-8H3. The lowest BCUT2D eigenvalue weighted by molar-refractivity contribution is -0.151. The van der Waals surface area contributed by atoms with Crippen LogP contribution < -0.4 is 18.9 Å². The van der Waals surface area contributed by atoms with E-state index in [0.717, 1.165) is 6.08 Å². The number of rotatable bonds is 12. The number of carbonyl (C=O) groups excluding carboxylic acids is 3. The smallest absolute Gasteiger partial charge is 0.343 e. The third kappa shape index (κ3) is 10.7. The Morgan fingerprint density at radius 1 is 0.667 bits per heavy atom. The van der Waals surface area contributed by atoms with Gasteiger partial charge in [0.15, 0.2) is 23.1 Å². The van der Waals surface area contributed by atoms with Gasteiger partial charge in [-0.3, -0.25) is 0 Å². The molecule has 0 radical (unpaired) electrons. The van der Waals surface area contributed by atoms with Crippen molar-refractivity contribution in [1.29, 1.82) is 0 Å². The van der Waals surface area contributed by atoms with Crippen LogP contribution in [0.3, 0.4) is 0 Å². The van der Waals surface area contributed by atoms with Gasteiger partial charge in [-0.2, -0.15) is 0 Å². The van der Waals surface area contributed by atoms with Gasteiger partial charge in [-0.1, -0.05) is 6.58 Å². The van der Waals surface area contributed by atoms with Gasteiger partial charge in [0.2, 0.25) is 0 Å². The molecule has 0 amide bonds. The van der Waals surface area contributed by atoms with Crippen LogP contribution in [0.2, 0.25) is 0 Å². The van der Waals surface area contributed by atoms with E-state index in [9.17, 15) is 23.2 Å². The first-order chi connectivity index (χ1) is 20.9. The van der Waals surface area contributed by atoms with Crippen molar-refractivity contribution in [3.63, 3.8) is 0 Å². The molecular weight excluding hydrogens is 586 g/mol. The summed E-state index contributed by atoms with van der Waals surface area (Å²) in [4.78, 5) is 36.7. The van der Waals surface area contributed by atoms with E-state index in [4.69, 9.17) is 23.7 Å². The van der Waals surface area contributed by atoms with Crippen LogP contribution in [-0.4, -0.2) is 34.7 Å².